The fourth-order valence-electron chi connectivity index (χ4n) is 5.41. The van der Waals surface area contributed by atoms with Crippen molar-refractivity contribution in [2.24, 2.45) is 10.9 Å². The van der Waals surface area contributed by atoms with Gasteiger partial charge in [-0.3, -0.25) is 4.99 Å². The summed E-state index contributed by atoms with van der Waals surface area (Å²) in [5, 5.41) is 5.03. The largest absolute Gasteiger partial charge is 0.489 e. The van der Waals surface area contributed by atoms with E-state index in [1.54, 1.807) is 6.07 Å². The molecule has 3 atom stereocenters. The summed E-state index contributed by atoms with van der Waals surface area (Å²) < 4.78 is 5.88. The molecule has 1 aliphatic carbocycles. The van der Waals surface area contributed by atoms with E-state index in [0.717, 1.165) is 29.0 Å². The average Bonchev–Trinajstić information content (AvgIpc) is 3.43. The van der Waals surface area contributed by atoms with Crippen molar-refractivity contribution in [3.05, 3.63) is 135 Å². The van der Waals surface area contributed by atoms with Gasteiger partial charge < -0.3 is 10.1 Å². The van der Waals surface area contributed by atoms with Crippen LogP contribution in [0.3, 0.4) is 0 Å². The molecule has 0 unspecified atom stereocenters. The zero-order chi connectivity index (χ0) is 26.1. The summed E-state index contributed by atoms with van der Waals surface area (Å²) in [6.45, 7) is 2.55. The van der Waals surface area contributed by atoms with E-state index < -0.39 is 0 Å². The molecule has 3 nitrogen and oxygen atoms in total. The average molecular weight is 540 g/mol. The molecule has 1 aliphatic heterocycles. The zero-order valence-corrected chi connectivity index (χ0v) is 22.6. The molecule has 0 aromatic heterocycles. The van der Waals surface area contributed by atoms with E-state index in [9.17, 15) is 0 Å². The van der Waals surface area contributed by atoms with Crippen molar-refractivity contribution in [1.29, 1.82) is 0 Å². The maximum Gasteiger partial charge on any atom is 0.119 e. The molecule has 5 heteroatoms. The van der Waals surface area contributed by atoms with Gasteiger partial charge in [0.05, 0.1) is 11.7 Å². The van der Waals surface area contributed by atoms with Crippen LogP contribution >= 0.6 is 23.2 Å². The molecule has 38 heavy (non-hydrogen) atoms. The van der Waals surface area contributed by atoms with Crippen LogP contribution < -0.4 is 10.1 Å². The molecule has 0 saturated carbocycles. The molecule has 4 aromatic carbocycles. The molecule has 0 spiro atoms. The van der Waals surface area contributed by atoms with Gasteiger partial charge >= 0.3 is 0 Å². The predicted octanol–water partition coefficient (Wildman–Crippen LogP) is 9.46. The van der Waals surface area contributed by atoms with Crippen molar-refractivity contribution in [2.75, 3.05) is 5.32 Å². The Morgan fingerprint density at radius 2 is 1.76 bits per heavy atom. The Bertz CT molecular complexity index is 1510. The summed E-state index contributed by atoms with van der Waals surface area (Å²) in [5.74, 6) is 1.79. The lowest BCUT2D eigenvalue weighted by atomic mass is 9.76. The predicted molar refractivity (Wildman–Crippen MR) is 158 cm³/mol. The minimum atomic E-state index is 0.290. The first kappa shape index (κ1) is 24.8. The number of benzene rings is 4. The van der Waals surface area contributed by atoms with Gasteiger partial charge in [0.2, 0.25) is 0 Å². The maximum atomic E-state index is 6.24. The molecule has 0 saturated heterocycles. The minimum absolute atomic E-state index is 0.290. The normalized spacial score (nSPS) is 19.7. The Morgan fingerprint density at radius 1 is 0.947 bits per heavy atom. The van der Waals surface area contributed by atoms with Crippen LogP contribution in [0.5, 0.6) is 5.75 Å². The van der Waals surface area contributed by atoms with E-state index in [4.69, 9.17) is 27.9 Å². The standard InChI is InChI=1S/C33H28Cl2N2O/c1-21-5-16-32-30(17-21)28-3-2-4-29(28)33(37-32)23-9-12-26(13-10-23)36-19-22-6-14-27(15-7-22)38-20-24-8-11-25(34)18-31(24)35/h2-3,5-19,28-29,33,37H,4,20H2,1H3/t28-,29+,33-/m1/s1. The number of fused-ring (bicyclic) bond motifs is 3. The van der Waals surface area contributed by atoms with Crippen LogP contribution in [0.1, 0.15) is 46.2 Å². The lowest BCUT2D eigenvalue weighted by molar-refractivity contribution is 0.306. The highest BCUT2D eigenvalue weighted by atomic mass is 35.5. The van der Waals surface area contributed by atoms with Crippen LogP contribution in [0.4, 0.5) is 11.4 Å². The van der Waals surface area contributed by atoms with Crippen molar-refractivity contribution in [3.63, 3.8) is 0 Å². The van der Waals surface area contributed by atoms with Crippen molar-refractivity contribution >= 4 is 40.8 Å². The molecule has 0 fully saturated rings. The van der Waals surface area contributed by atoms with Gasteiger partial charge in [-0.25, -0.2) is 0 Å². The number of nitrogens with one attached hydrogen (secondary N) is 1. The first-order valence-electron chi connectivity index (χ1n) is 12.9. The number of halogens is 2. The number of hydrogen-bond donors (Lipinski definition) is 1. The third kappa shape index (κ3) is 5.22. The van der Waals surface area contributed by atoms with Gasteiger partial charge in [0.15, 0.2) is 0 Å². The summed E-state index contributed by atoms with van der Waals surface area (Å²) in [5.41, 5.74) is 8.12. The SMILES string of the molecule is Cc1ccc2c(c1)[C@@H]1C=CC[C@@H]1[C@@H](c1ccc(N=Cc3ccc(OCc4ccc(Cl)cc4Cl)cc3)cc1)N2. The monoisotopic (exact) mass is 538 g/mol. The van der Waals surface area contributed by atoms with E-state index in [2.05, 4.69) is 71.8 Å². The summed E-state index contributed by atoms with van der Waals surface area (Å²) in [7, 11) is 0. The molecule has 1 N–H and O–H groups in total. The molecule has 0 bridgehead atoms. The Labute approximate surface area is 233 Å². The molecular weight excluding hydrogens is 511 g/mol. The van der Waals surface area contributed by atoms with E-state index in [-0.39, 0.29) is 0 Å². The van der Waals surface area contributed by atoms with Crippen molar-refractivity contribution in [1.82, 2.24) is 0 Å². The van der Waals surface area contributed by atoms with Crippen molar-refractivity contribution in [3.8, 4) is 5.75 Å². The summed E-state index contributed by atoms with van der Waals surface area (Å²) >= 11 is 12.2. The zero-order valence-electron chi connectivity index (χ0n) is 21.1. The molecule has 1 heterocycles. The van der Waals surface area contributed by atoms with E-state index in [1.807, 2.05) is 42.6 Å². The van der Waals surface area contributed by atoms with Crippen molar-refractivity contribution in [2.45, 2.75) is 31.9 Å². The van der Waals surface area contributed by atoms with Gasteiger partial charge in [-0.1, -0.05) is 71.2 Å². The Kier molecular flexibility index (Phi) is 6.97. The Balaban J connectivity index is 1.10. The van der Waals surface area contributed by atoms with Gasteiger partial charge in [-0.2, -0.15) is 0 Å². The van der Waals surface area contributed by atoms with Crippen molar-refractivity contribution < 1.29 is 4.74 Å². The van der Waals surface area contributed by atoms with E-state index in [0.29, 0.717) is 34.5 Å². The van der Waals surface area contributed by atoms with E-state index >= 15 is 0 Å². The second-order valence-corrected chi connectivity index (χ2v) is 10.9. The first-order chi connectivity index (χ1) is 18.5. The highest BCUT2D eigenvalue weighted by Gasteiger charge is 2.37. The number of hydrogen-bond acceptors (Lipinski definition) is 3. The second-order valence-electron chi connectivity index (χ2n) is 10.0. The first-order valence-corrected chi connectivity index (χ1v) is 13.6. The quantitative estimate of drug-likeness (QED) is 0.196. The minimum Gasteiger partial charge on any atom is -0.489 e. The number of allylic oxidation sites excluding steroid dienone is 2. The number of rotatable bonds is 6. The third-order valence-corrected chi connectivity index (χ3v) is 8.01. The number of nitrogens with zero attached hydrogens (tertiary/aromatic N) is 1. The maximum absolute atomic E-state index is 6.24. The fraction of sp³-hybridized carbons (Fsp3) is 0.182. The van der Waals surface area contributed by atoms with Gasteiger partial charge in [0, 0.05) is 33.4 Å². The molecule has 6 rings (SSSR count). The Hall–Kier alpha value is -3.53. The fourth-order valence-corrected chi connectivity index (χ4v) is 5.87. The van der Waals surface area contributed by atoms with Gasteiger partial charge in [-0.15, -0.1) is 0 Å². The molecule has 4 aromatic rings. The van der Waals surface area contributed by atoms with Gasteiger partial charge in [0.25, 0.3) is 0 Å². The molecule has 0 radical (unpaired) electrons. The van der Waals surface area contributed by atoms with Crippen LogP contribution in [0.25, 0.3) is 0 Å². The highest BCUT2D eigenvalue weighted by molar-refractivity contribution is 6.35. The topological polar surface area (TPSA) is 33.6 Å². The summed E-state index contributed by atoms with van der Waals surface area (Å²) in [6, 6.07) is 28.9. The van der Waals surface area contributed by atoms with Crippen LogP contribution in [0.2, 0.25) is 10.0 Å². The number of ether oxygens (including phenoxy) is 1. The van der Waals surface area contributed by atoms with Crippen LogP contribution in [0.15, 0.2) is 102 Å². The van der Waals surface area contributed by atoms with Gasteiger partial charge in [-0.05, 0) is 90.6 Å². The summed E-state index contributed by atoms with van der Waals surface area (Å²) in [6.07, 6.45) is 7.70. The smallest absolute Gasteiger partial charge is 0.119 e. The van der Waals surface area contributed by atoms with Crippen LogP contribution in [0, 0.1) is 12.8 Å². The molecule has 0 amide bonds. The second kappa shape index (κ2) is 10.7. The molecule has 190 valence electrons. The lowest BCUT2D eigenvalue weighted by Gasteiger charge is -2.37. The van der Waals surface area contributed by atoms with Gasteiger partial charge in [0.1, 0.15) is 12.4 Å². The number of aryl methyl sites for hydroxylation is 1. The highest BCUT2D eigenvalue weighted by Crippen LogP contribution is 2.50. The molecule has 2 aliphatic rings. The molecular formula is C33H28Cl2N2O. The number of aliphatic imine (C=N–C) groups is 1. The lowest BCUT2D eigenvalue weighted by Crippen LogP contribution is -2.29. The Morgan fingerprint density at radius 3 is 2.55 bits per heavy atom. The van der Waals surface area contributed by atoms with Crippen LogP contribution in [-0.4, -0.2) is 6.21 Å². The summed E-state index contributed by atoms with van der Waals surface area (Å²) in [4.78, 5) is 4.69. The van der Waals surface area contributed by atoms with E-state index in [1.165, 1.54) is 22.4 Å². The van der Waals surface area contributed by atoms with Crippen LogP contribution in [-0.2, 0) is 6.61 Å². The number of anilines is 1. The third-order valence-electron chi connectivity index (χ3n) is 7.42.